The van der Waals surface area contributed by atoms with Crippen molar-refractivity contribution < 1.29 is 9.94 Å². The quantitative estimate of drug-likeness (QED) is 0.283. The lowest BCUT2D eigenvalue weighted by Gasteiger charge is -2.03. The molecule has 0 unspecified atom stereocenters. The van der Waals surface area contributed by atoms with E-state index >= 15 is 0 Å². The van der Waals surface area contributed by atoms with Crippen LogP contribution in [0.25, 0.3) is 0 Å². The van der Waals surface area contributed by atoms with Crippen molar-refractivity contribution in [3.8, 4) is 0 Å². The summed E-state index contributed by atoms with van der Waals surface area (Å²) in [5.74, 6) is 0.224. The Morgan fingerprint density at radius 1 is 1.70 bits per heavy atom. The van der Waals surface area contributed by atoms with Crippen molar-refractivity contribution in [3.05, 3.63) is 12.2 Å². The lowest BCUT2D eigenvalue weighted by atomic mass is 10.3. The van der Waals surface area contributed by atoms with E-state index in [-0.39, 0.29) is 5.90 Å². The van der Waals surface area contributed by atoms with Crippen molar-refractivity contribution in [2.24, 2.45) is 5.16 Å². The lowest BCUT2D eigenvalue weighted by Crippen LogP contribution is -2.06. The minimum atomic E-state index is 0.224. The average molecular weight is 143 g/mol. The van der Waals surface area contributed by atoms with Gasteiger partial charge in [0, 0.05) is 5.57 Å². The van der Waals surface area contributed by atoms with Crippen molar-refractivity contribution >= 4 is 5.90 Å². The molecule has 0 bridgehead atoms. The van der Waals surface area contributed by atoms with E-state index in [9.17, 15) is 0 Å². The molecule has 0 aliphatic heterocycles. The predicted octanol–water partition coefficient (Wildman–Crippen LogP) is 1.78. The SMILES string of the molecule is C=C(C)C(=NO)OCCC. The highest BCUT2D eigenvalue weighted by Crippen LogP contribution is 1.95. The Hall–Kier alpha value is -0.990. The fourth-order valence-corrected chi connectivity index (χ4v) is 0.436. The minimum absolute atomic E-state index is 0.224. The van der Waals surface area contributed by atoms with Crippen LogP contribution >= 0.6 is 0 Å². The van der Waals surface area contributed by atoms with E-state index in [0.717, 1.165) is 6.42 Å². The van der Waals surface area contributed by atoms with E-state index in [1.165, 1.54) is 0 Å². The third-order valence-corrected chi connectivity index (χ3v) is 0.899. The van der Waals surface area contributed by atoms with Gasteiger partial charge in [0.25, 0.3) is 5.90 Å². The molecule has 0 aromatic carbocycles. The lowest BCUT2D eigenvalue weighted by molar-refractivity contribution is 0.255. The maximum atomic E-state index is 8.33. The Balaban J connectivity index is 3.74. The molecular formula is C7H13NO2. The molecule has 0 heterocycles. The first kappa shape index (κ1) is 9.01. The van der Waals surface area contributed by atoms with Gasteiger partial charge in [0.05, 0.1) is 6.61 Å². The van der Waals surface area contributed by atoms with Crippen molar-refractivity contribution in [2.45, 2.75) is 20.3 Å². The van der Waals surface area contributed by atoms with Crippen molar-refractivity contribution in [1.29, 1.82) is 0 Å². The molecule has 0 aromatic rings. The van der Waals surface area contributed by atoms with Crippen LogP contribution < -0.4 is 0 Å². The van der Waals surface area contributed by atoms with E-state index in [1.54, 1.807) is 6.92 Å². The summed E-state index contributed by atoms with van der Waals surface area (Å²) in [6, 6.07) is 0. The number of oxime groups is 1. The van der Waals surface area contributed by atoms with E-state index in [4.69, 9.17) is 9.94 Å². The van der Waals surface area contributed by atoms with Crippen LogP contribution in [-0.2, 0) is 4.74 Å². The van der Waals surface area contributed by atoms with Gasteiger partial charge in [0.2, 0.25) is 0 Å². The fraction of sp³-hybridized carbons (Fsp3) is 0.571. The van der Waals surface area contributed by atoms with Crippen LogP contribution in [0.3, 0.4) is 0 Å². The second-order valence-electron chi connectivity index (χ2n) is 2.03. The van der Waals surface area contributed by atoms with E-state index < -0.39 is 0 Å². The third-order valence-electron chi connectivity index (χ3n) is 0.899. The summed E-state index contributed by atoms with van der Waals surface area (Å²) in [6.07, 6.45) is 0.895. The Bertz CT molecular complexity index is 141. The van der Waals surface area contributed by atoms with Gasteiger partial charge in [0.15, 0.2) is 0 Å². The highest BCUT2D eigenvalue weighted by Gasteiger charge is 1.99. The molecule has 0 aliphatic carbocycles. The molecule has 1 N–H and O–H groups in total. The van der Waals surface area contributed by atoms with Crippen LogP contribution in [0, 0.1) is 0 Å². The molecule has 0 rings (SSSR count). The van der Waals surface area contributed by atoms with Gasteiger partial charge in [-0.3, -0.25) is 0 Å². The van der Waals surface area contributed by atoms with Gasteiger partial charge in [-0.15, -0.1) is 0 Å². The van der Waals surface area contributed by atoms with Gasteiger partial charge in [-0.1, -0.05) is 13.5 Å². The number of ether oxygens (including phenoxy) is 1. The summed E-state index contributed by atoms with van der Waals surface area (Å²) in [5, 5.41) is 11.2. The molecule has 0 spiro atoms. The molecule has 3 heteroatoms. The summed E-state index contributed by atoms with van der Waals surface area (Å²) in [6.45, 7) is 7.83. The molecule has 10 heavy (non-hydrogen) atoms. The van der Waals surface area contributed by atoms with Gasteiger partial charge in [-0.2, -0.15) is 0 Å². The molecule has 58 valence electrons. The summed E-state index contributed by atoms with van der Waals surface area (Å²) < 4.78 is 5.00. The smallest absolute Gasteiger partial charge is 0.252 e. The molecular weight excluding hydrogens is 130 g/mol. The Morgan fingerprint density at radius 2 is 2.30 bits per heavy atom. The number of nitrogens with zero attached hydrogens (tertiary/aromatic N) is 1. The second-order valence-corrected chi connectivity index (χ2v) is 2.03. The van der Waals surface area contributed by atoms with Crippen molar-refractivity contribution in [2.75, 3.05) is 6.61 Å². The summed E-state index contributed by atoms with van der Waals surface area (Å²) in [5.41, 5.74) is 0.635. The van der Waals surface area contributed by atoms with Crippen LogP contribution in [0.2, 0.25) is 0 Å². The first-order chi connectivity index (χ1) is 4.72. The maximum Gasteiger partial charge on any atom is 0.252 e. The number of rotatable bonds is 3. The normalized spacial score (nSPS) is 11.2. The highest BCUT2D eigenvalue weighted by atomic mass is 16.5. The zero-order chi connectivity index (χ0) is 7.98. The van der Waals surface area contributed by atoms with Gasteiger partial charge < -0.3 is 9.94 Å². The standard InChI is InChI=1S/C7H13NO2/c1-4-5-10-7(8-9)6(2)3/h9H,2,4-5H2,1,3H3. The maximum absolute atomic E-state index is 8.33. The van der Waals surface area contributed by atoms with Crippen LogP contribution in [-0.4, -0.2) is 17.7 Å². The van der Waals surface area contributed by atoms with Crippen LogP contribution in [0.1, 0.15) is 20.3 Å². The molecule has 0 saturated carbocycles. The Morgan fingerprint density at radius 3 is 2.60 bits per heavy atom. The largest absolute Gasteiger partial charge is 0.475 e. The molecule has 0 fully saturated rings. The minimum Gasteiger partial charge on any atom is -0.475 e. The highest BCUT2D eigenvalue weighted by molar-refractivity contribution is 5.91. The Kier molecular flexibility index (Phi) is 4.37. The Labute approximate surface area is 61.0 Å². The van der Waals surface area contributed by atoms with Gasteiger partial charge in [0.1, 0.15) is 0 Å². The summed E-state index contributed by atoms with van der Waals surface area (Å²) >= 11 is 0. The van der Waals surface area contributed by atoms with E-state index in [1.807, 2.05) is 6.92 Å². The molecule has 0 amide bonds. The van der Waals surface area contributed by atoms with Crippen molar-refractivity contribution in [3.63, 3.8) is 0 Å². The second kappa shape index (κ2) is 4.85. The first-order valence-corrected chi connectivity index (χ1v) is 3.23. The molecule has 0 radical (unpaired) electrons. The van der Waals surface area contributed by atoms with Crippen LogP contribution in [0.4, 0.5) is 0 Å². The topological polar surface area (TPSA) is 41.8 Å². The predicted molar refractivity (Wildman–Crippen MR) is 40.3 cm³/mol. The molecule has 0 aliphatic rings. The summed E-state index contributed by atoms with van der Waals surface area (Å²) in [4.78, 5) is 0. The summed E-state index contributed by atoms with van der Waals surface area (Å²) in [7, 11) is 0. The third kappa shape index (κ3) is 3.12. The fourth-order valence-electron chi connectivity index (χ4n) is 0.436. The van der Waals surface area contributed by atoms with Crippen LogP contribution in [0.15, 0.2) is 17.3 Å². The molecule has 0 saturated heterocycles. The number of hydrogen-bond donors (Lipinski definition) is 1. The zero-order valence-corrected chi connectivity index (χ0v) is 6.42. The van der Waals surface area contributed by atoms with E-state index in [0.29, 0.717) is 12.2 Å². The number of hydrogen-bond acceptors (Lipinski definition) is 3. The van der Waals surface area contributed by atoms with Crippen LogP contribution in [0.5, 0.6) is 0 Å². The van der Waals surface area contributed by atoms with E-state index in [2.05, 4.69) is 11.7 Å². The first-order valence-electron chi connectivity index (χ1n) is 3.23. The van der Waals surface area contributed by atoms with Crippen molar-refractivity contribution in [1.82, 2.24) is 0 Å². The van der Waals surface area contributed by atoms with Gasteiger partial charge in [-0.25, -0.2) is 0 Å². The monoisotopic (exact) mass is 143 g/mol. The van der Waals surface area contributed by atoms with Gasteiger partial charge in [-0.05, 0) is 18.5 Å². The molecule has 3 nitrogen and oxygen atoms in total. The zero-order valence-electron chi connectivity index (χ0n) is 6.42. The van der Waals surface area contributed by atoms with Gasteiger partial charge >= 0.3 is 0 Å². The molecule has 0 aromatic heterocycles. The molecule has 0 atom stereocenters. The average Bonchev–Trinajstić information content (AvgIpc) is 1.89.